The van der Waals surface area contributed by atoms with E-state index in [1.165, 1.54) is 6.07 Å². The van der Waals surface area contributed by atoms with Crippen molar-refractivity contribution in [3.05, 3.63) is 40.7 Å². The molecule has 106 valence electrons. The highest BCUT2D eigenvalue weighted by molar-refractivity contribution is 5.59. The first-order valence-corrected chi connectivity index (χ1v) is 6.79. The normalized spacial score (nSPS) is 10.8. The SMILES string of the molecule is CCCOc1cncc(-c2cc(=O)[nH]c(C(C)C)n2)c1. The second-order valence-corrected chi connectivity index (χ2v) is 4.93. The highest BCUT2D eigenvalue weighted by Crippen LogP contribution is 2.21. The third-order valence-electron chi connectivity index (χ3n) is 2.79. The van der Waals surface area contributed by atoms with Crippen LogP contribution >= 0.6 is 0 Å². The van der Waals surface area contributed by atoms with Crippen LogP contribution in [-0.4, -0.2) is 21.6 Å². The van der Waals surface area contributed by atoms with Gasteiger partial charge in [-0.3, -0.25) is 9.78 Å². The summed E-state index contributed by atoms with van der Waals surface area (Å²) in [5.41, 5.74) is 1.25. The van der Waals surface area contributed by atoms with E-state index in [0.717, 1.165) is 12.0 Å². The molecule has 0 saturated heterocycles. The first-order valence-electron chi connectivity index (χ1n) is 6.79. The largest absolute Gasteiger partial charge is 0.492 e. The lowest BCUT2D eigenvalue weighted by atomic mass is 10.1. The average molecular weight is 273 g/mol. The lowest BCUT2D eigenvalue weighted by Gasteiger charge is -2.08. The van der Waals surface area contributed by atoms with Crippen molar-refractivity contribution >= 4 is 0 Å². The number of aromatic amines is 1. The minimum Gasteiger partial charge on any atom is -0.492 e. The van der Waals surface area contributed by atoms with Gasteiger partial charge in [-0.15, -0.1) is 0 Å². The molecule has 0 aromatic carbocycles. The Morgan fingerprint density at radius 1 is 1.30 bits per heavy atom. The van der Waals surface area contributed by atoms with Crippen LogP contribution in [0, 0.1) is 0 Å². The quantitative estimate of drug-likeness (QED) is 0.909. The zero-order chi connectivity index (χ0) is 14.5. The summed E-state index contributed by atoms with van der Waals surface area (Å²) in [4.78, 5) is 23.1. The molecule has 0 bridgehead atoms. The van der Waals surface area contributed by atoms with E-state index in [1.807, 2.05) is 26.8 Å². The fourth-order valence-corrected chi connectivity index (χ4v) is 1.76. The van der Waals surface area contributed by atoms with Crippen LogP contribution in [0.25, 0.3) is 11.3 Å². The van der Waals surface area contributed by atoms with Crippen LogP contribution in [0.2, 0.25) is 0 Å². The molecule has 5 nitrogen and oxygen atoms in total. The summed E-state index contributed by atoms with van der Waals surface area (Å²) >= 11 is 0. The Bertz CT molecular complexity index is 635. The Morgan fingerprint density at radius 2 is 2.10 bits per heavy atom. The third kappa shape index (κ3) is 3.44. The van der Waals surface area contributed by atoms with Crippen LogP contribution in [0.4, 0.5) is 0 Å². The van der Waals surface area contributed by atoms with Gasteiger partial charge < -0.3 is 9.72 Å². The first-order chi connectivity index (χ1) is 9.60. The summed E-state index contributed by atoms with van der Waals surface area (Å²) in [5.74, 6) is 1.53. The number of hydrogen-bond donors (Lipinski definition) is 1. The van der Waals surface area contributed by atoms with Gasteiger partial charge in [-0.2, -0.15) is 0 Å². The van der Waals surface area contributed by atoms with Crippen LogP contribution in [0.15, 0.2) is 29.3 Å². The van der Waals surface area contributed by atoms with E-state index >= 15 is 0 Å². The smallest absolute Gasteiger partial charge is 0.251 e. The Balaban J connectivity index is 2.38. The van der Waals surface area contributed by atoms with E-state index in [9.17, 15) is 4.79 Å². The molecule has 0 saturated carbocycles. The summed E-state index contributed by atoms with van der Waals surface area (Å²) < 4.78 is 5.55. The predicted octanol–water partition coefficient (Wildman–Crippen LogP) is 2.74. The molecule has 0 amide bonds. The number of ether oxygens (including phenoxy) is 1. The van der Waals surface area contributed by atoms with Crippen LogP contribution in [-0.2, 0) is 0 Å². The molecule has 1 N–H and O–H groups in total. The third-order valence-corrected chi connectivity index (χ3v) is 2.79. The van der Waals surface area contributed by atoms with Crippen molar-refractivity contribution in [1.82, 2.24) is 15.0 Å². The van der Waals surface area contributed by atoms with Gasteiger partial charge in [0, 0.05) is 23.7 Å². The van der Waals surface area contributed by atoms with Crippen molar-refractivity contribution in [2.75, 3.05) is 6.61 Å². The lowest BCUT2D eigenvalue weighted by molar-refractivity contribution is 0.316. The van der Waals surface area contributed by atoms with Gasteiger partial charge in [0.2, 0.25) is 0 Å². The molecule has 0 aliphatic rings. The number of pyridine rings is 1. The summed E-state index contributed by atoms with van der Waals surface area (Å²) in [5, 5.41) is 0. The molecule has 0 atom stereocenters. The number of hydrogen-bond acceptors (Lipinski definition) is 4. The van der Waals surface area contributed by atoms with Gasteiger partial charge >= 0.3 is 0 Å². The number of aromatic nitrogens is 3. The van der Waals surface area contributed by atoms with Gasteiger partial charge in [-0.05, 0) is 12.5 Å². The van der Waals surface area contributed by atoms with Gasteiger partial charge in [0.25, 0.3) is 5.56 Å². The zero-order valence-electron chi connectivity index (χ0n) is 12.0. The number of nitrogens with one attached hydrogen (secondary N) is 1. The van der Waals surface area contributed by atoms with Crippen molar-refractivity contribution < 1.29 is 4.74 Å². The van der Waals surface area contributed by atoms with Gasteiger partial charge in [-0.1, -0.05) is 20.8 Å². The maximum atomic E-state index is 11.7. The van der Waals surface area contributed by atoms with Crippen LogP contribution < -0.4 is 10.3 Å². The standard InChI is InChI=1S/C15H19N3O2/c1-4-5-20-12-6-11(8-16-9-12)13-7-14(19)18-15(17-13)10(2)3/h6-10H,4-5H2,1-3H3,(H,17,18,19). The second kappa shape index (κ2) is 6.32. The molecule has 5 heteroatoms. The summed E-state index contributed by atoms with van der Waals surface area (Å²) in [6.45, 7) is 6.66. The molecule has 0 radical (unpaired) electrons. The highest BCUT2D eigenvalue weighted by Gasteiger charge is 2.08. The minimum atomic E-state index is -0.154. The Morgan fingerprint density at radius 3 is 2.80 bits per heavy atom. The maximum Gasteiger partial charge on any atom is 0.251 e. The van der Waals surface area contributed by atoms with Gasteiger partial charge in [0.05, 0.1) is 18.5 Å². The maximum absolute atomic E-state index is 11.7. The van der Waals surface area contributed by atoms with E-state index in [2.05, 4.69) is 15.0 Å². The lowest BCUT2D eigenvalue weighted by Crippen LogP contribution is -2.12. The molecule has 2 aromatic heterocycles. The summed E-state index contributed by atoms with van der Waals surface area (Å²) in [6.07, 6.45) is 4.28. The van der Waals surface area contributed by atoms with Crippen molar-refractivity contribution in [3.63, 3.8) is 0 Å². The van der Waals surface area contributed by atoms with Crippen LogP contribution in [0.5, 0.6) is 5.75 Å². The van der Waals surface area contributed by atoms with Crippen molar-refractivity contribution in [2.45, 2.75) is 33.1 Å². The molecule has 0 spiro atoms. The molecule has 0 aliphatic heterocycles. The monoisotopic (exact) mass is 273 g/mol. The molecule has 0 fully saturated rings. The fourth-order valence-electron chi connectivity index (χ4n) is 1.76. The first kappa shape index (κ1) is 14.2. The Hall–Kier alpha value is -2.17. The van der Waals surface area contributed by atoms with Crippen molar-refractivity contribution in [2.24, 2.45) is 0 Å². The van der Waals surface area contributed by atoms with E-state index in [0.29, 0.717) is 23.9 Å². The van der Waals surface area contributed by atoms with Crippen molar-refractivity contribution in [3.8, 4) is 17.0 Å². The average Bonchev–Trinajstić information content (AvgIpc) is 2.44. The highest BCUT2D eigenvalue weighted by atomic mass is 16.5. The second-order valence-electron chi connectivity index (χ2n) is 4.93. The number of rotatable bonds is 5. The van der Waals surface area contributed by atoms with Crippen LogP contribution in [0.3, 0.4) is 0 Å². The number of nitrogens with zero attached hydrogens (tertiary/aromatic N) is 2. The van der Waals surface area contributed by atoms with Gasteiger partial charge in [0.15, 0.2) is 0 Å². The molecule has 2 rings (SSSR count). The van der Waals surface area contributed by atoms with Gasteiger partial charge in [0.1, 0.15) is 11.6 Å². The Labute approximate surface area is 118 Å². The molecule has 2 aromatic rings. The van der Waals surface area contributed by atoms with Gasteiger partial charge in [-0.25, -0.2) is 4.98 Å². The Kier molecular flexibility index (Phi) is 4.50. The molecular weight excluding hydrogens is 254 g/mol. The summed E-state index contributed by atoms with van der Waals surface area (Å²) in [7, 11) is 0. The predicted molar refractivity (Wildman–Crippen MR) is 78.0 cm³/mol. The molecule has 20 heavy (non-hydrogen) atoms. The van der Waals surface area contributed by atoms with Crippen LogP contribution in [0.1, 0.15) is 38.9 Å². The van der Waals surface area contributed by atoms with E-state index in [4.69, 9.17) is 4.74 Å². The van der Waals surface area contributed by atoms with Crippen molar-refractivity contribution in [1.29, 1.82) is 0 Å². The number of H-pyrrole nitrogens is 1. The fraction of sp³-hybridized carbons (Fsp3) is 0.400. The molecular formula is C15H19N3O2. The zero-order valence-corrected chi connectivity index (χ0v) is 12.0. The van der Waals surface area contributed by atoms with E-state index < -0.39 is 0 Å². The topological polar surface area (TPSA) is 67.9 Å². The molecule has 2 heterocycles. The molecule has 0 unspecified atom stereocenters. The minimum absolute atomic E-state index is 0.154. The molecule has 0 aliphatic carbocycles. The van der Waals surface area contributed by atoms with E-state index in [-0.39, 0.29) is 11.5 Å². The van der Waals surface area contributed by atoms with E-state index in [1.54, 1.807) is 12.4 Å². The summed E-state index contributed by atoms with van der Waals surface area (Å²) in [6, 6.07) is 3.33.